The normalized spacial score (nSPS) is 22.6. The van der Waals surface area contributed by atoms with Gasteiger partial charge in [-0.1, -0.05) is 6.07 Å². The largest absolute Gasteiger partial charge is 0.366 e. The summed E-state index contributed by atoms with van der Waals surface area (Å²) in [6.45, 7) is 11.1. The Labute approximate surface area is 118 Å². The number of nitrogens with zero attached hydrogens (tertiary/aromatic N) is 1. The topological polar surface area (TPSA) is 29.3 Å². The summed E-state index contributed by atoms with van der Waals surface area (Å²) in [7, 11) is 0. The second-order valence-electron chi connectivity index (χ2n) is 6.67. The Balaban J connectivity index is 2.18. The number of piperidine rings is 1. The standard InChI is InChI=1S/C17H28N2/c1-13-5-6-16(11-14(13)2)19-10-8-15(7-9-18)12-17(19,3)4/h5-6,11,15H,7-10,12,18H2,1-4H3. The van der Waals surface area contributed by atoms with E-state index in [1.165, 1.54) is 36.1 Å². The second-order valence-corrected chi connectivity index (χ2v) is 6.67. The summed E-state index contributed by atoms with van der Waals surface area (Å²) >= 11 is 0. The molecule has 1 aromatic carbocycles. The molecule has 1 atom stereocenters. The van der Waals surface area contributed by atoms with E-state index >= 15 is 0 Å². The van der Waals surface area contributed by atoms with Gasteiger partial charge in [0.15, 0.2) is 0 Å². The Hall–Kier alpha value is -1.02. The molecule has 0 spiro atoms. The first-order valence-electron chi connectivity index (χ1n) is 7.49. The first kappa shape index (κ1) is 14.4. The van der Waals surface area contributed by atoms with E-state index in [-0.39, 0.29) is 5.54 Å². The third-order valence-corrected chi connectivity index (χ3v) is 4.66. The molecule has 2 heteroatoms. The molecule has 1 aromatic rings. The van der Waals surface area contributed by atoms with Gasteiger partial charge < -0.3 is 10.6 Å². The number of aryl methyl sites for hydroxylation is 2. The molecule has 0 aromatic heterocycles. The zero-order chi connectivity index (χ0) is 14.0. The molecule has 106 valence electrons. The molecular formula is C17H28N2. The van der Waals surface area contributed by atoms with Crippen LogP contribution in [0, 0.1) is 19.8 Å². The van der Waals surface area contributed by atoms with Crippen molar-refractivity contribution in [2.24, 2.45) is 11.7 Å². The molecule has 1 fully saturated rings. The number of hydrogen-bond donors (Lipinski definition) is 1. The van der Waals surface area contributed by atoms with E-state index in [0.717, 1.165) is 19.0 Å². The minimum atomic E-state index is 0.236. The van der Waals surface area contributed by atoms with Crippen molar-refractivity contribution in [3.63, 3.8) is 0 Å². The smallest absolute Gasteiger partial charge is 0.0373 e. The van der Waals surface area contributed by atoms with Crippen LogP contribution < -0.4 is 10.6 Å². The predicted molar refractivity (Wildman–Crippen MR) is 83.7 cm³/mol. The van der Waals surface area contributed by atoms with Crippen LogP contribution in [0.3, 0.4) is 0 Å². The van der Waals surface area contributed by atoms with Gasteiger partial charge in [0.25, 0.3) is 0 Å². The van der Waals surface area contributed by atoms with E-state index in [2.05, 4.69) is 50.8 Å². The van der Waals surface area contributed by atoms with Crippen molar-refractivity contribution in [3.8, 4) is 0 Å². The van der Waals surface area contributed by atoms with E-state index in [0.29, 0.717) is 0 Å². The van der Waals surface area contributed by atoms with Gasteiger partial charge in [-0.05, 0) is 82.7 Å². The van der Waals surface area contributed by atoms with Crippen molar-refractivity contribution in [2.45, 2.75) is 52.5 Å². The van der Waals surface area contributed by atoms with Crippen LogP contribution in [0.4, 0.5) is 5.69 Å². The zero-order valence-corrected chi connectivity index (χ0v) is 12.9. The van der Waals surface area contributed by atoms with Gasteiger partial charge in [0, 0.05) is 17.8 Å². The van der Waals surface area contributed by atoms with Gasteiger partial charge in [0.05, 0.1) is 0 Å². The minimum Gasteiger partial charge on any atom is -0.366 e. The van der Waals surface area contributed by atoms with Gasteiger partial charge in [-0.15, -0.1) is 0 Å². The minimum absolute atomic E-state index is 0.236. The highest BCUT2D eigenvalue weighted by Gasteiger charge is 2.34. The molecular weight excluding hydrogens is 232 g/mol. The average molecular weight is 260 g/mol. The van der Waals surface area contributed by atoms with Crippen LogP contribution >= 0.6 is 0 Å². The van der Waals surface area contributed by atoms with Crippen molar-refractivity contribution in [3.05, 3.63) is 29.3 Å². The lowest BCUT2D eigenvalue weighted by Crippen LogP contribution is -2.50. The lowest BCUT2D eigenvalue weighted by atomic mass is 9.80. The van der Waals surface area contributed by atoms with Gasteiger partial charge in [-0.2, -0.15) is 0 Å². The van der Waals surface area contributed by atoms with Crippen molar-refractivity contribution in [1.82, 2.24) is 0 Å². The fourth-order valence-electron chi connectivity index (χ4n) is 3.39. The molecule has 1 aliphatic rings. The molecule has 1 saturated heterocycles. The lowest BCUT2D eigenvalue weighted by Gasteiger charge is -2.47. The molecule has 2 rings (SSSR count). The highest BCUT2D eigenvalue weighted by Crippen LogP contribution is 2.36. The molecule has 2 nitrogen and oxygen atoms in total. The summed E-state index contributed by atoms with van der Waals surface area (Å²) in [5.74, 6) is 0.794. The molecule has 0 saturated carbocycles. The molecule has 0 bridgehead atoms. The summed E-state index contributed by atoms with van der Waals surface area (Å²) in [6, 6.07) is 6.85. The predicted octanol–water partition coefficient (Wildman–Crippen LogP) is 3.65. The Kier molecular flexibility index (Phi) is 4.19. The molecule has 2 N–H and O–H groups in total. The van der Waals surface area contributed by atoms with Crippen LogP contribution in [0.1, 0.15) is 44.2 Å². The maximum absolute atomic E-state index is 5.72. The fourth-order valence-corrected chi connectivity index (χ4v) is 3.39. The Morgan fingerprint density at radius 3 is 2.58 bits per heavy atom. The van der Waals surface area contributed by atoms with Gasteiger partial charge in [0.1, 0.15) is 0 Å². The molecule has 1 heterocycles. The van der Waals surface area contributed by atoms with Gasteiger partial charge in [0.2, 0.25) is 0 Å². The molecule has 1 aliphatic heterocycles. The van der Waals surface area contributed by atoms with Gasteiger partial charge >= 0.3 is 0 Å². The SMILES string of the molecule is Cc1ccc(N2CCC(CCN)CC2(C)C)cc1C. The second kappa shape index (κ2) is 5.54. The van der Waals surface area contributed by atoms with E-state index in [1.807, 2.05) is 0 Å². The van der Waals surface area contributed by atoms with Gasteiger partial charge in [-0.3, -0.25) is 0 Å². The maximum atomic E-state index is 5.72. The highest BCUT2D eigenvalue weighted by molar-refractivity contribution is 5.53. The maximum Gasteiger partial charge on any atom is 0.0373 e. The number of rotatable bonds is 3. The number of hydrogen-bond acceptors (Lipinski definition) is 2. The van der Waals surface area contributed by atoms with Gasteiger partial charge in [-0.25, -0.2) is 0 Å². The monoisotopic (exact) mass is 260 g/mol. The summed E-state index contributed by atoms with van der Waals surface area (Å²) in [5, 5.41) is 0. The number of nitrogens with two attached hydrogens (primary N) is 1. The molecule has 0 radical (unpaired) electrons. The van der Waals surface area contributed by atoms with E-state index in [1.54, 1.807) is 0 Å². The third kappa shape index (κ3) is 3.11. The van der Waals surface area contributed by atoms with E-state index < -0.39 is 0 Å². The van der Waals surface area contributed by atoms with Crippen molar-refractivity contribution in [1.29, 1.82) is 0 Å². The summed E-state index contributed by atoms with van der Waals surface area (Å²) < 4.78 is 0. The zero-order valence-electron chi connectivity index (χ0n) is 12.9. The van der Waals surface area contributed by atoms with Crippen molar-refractivity contribution in [2.75, 3.05) is 18.0 Å². The molecule has 1 unspecified atom stereocenters. The molecule has 19 heavy (non-hydrogen) atoms. The number of benzene rings is 1. The van der Waals surface area contributed by atoms with Crippen molar-refractivity contribution >= 4 is 5.69 Å². The van der Waals surface area contributed by atoms with E-state index in [9.17, 15) is 0 Å². The van der Waals surface area contributed by atoms with Crippen LogP contribution in [0.2, 0.25) is 0 Å². The van der Waals surface area contributed by atoms with Crippen LogP contribution in [0.5, 0.6) is 0 Å². The fraction of sp³-hybridized carbons (Fsp3) is 0.647. The quantitative estimate of drug-likeness (QED) is 0.899. The van der Waals surface area contributed by atoms with Crippen LogP contribution in [-0.4, -0.2) is 18.6 Å². The lowest BCUT2D eigenvalue weighted by molar-refractivity contribution is 0.264. The Morgan fingerprint density at radius 2 is 2.00 bits per heavy atom. The highest BCUT2D eigenvalue weighted by atomic mass is 15.2. The average Bonchev–Trinajstić information content (AvgIpc) is 2.32. The summed E-state index contributed by atoms with van der Waals surface area (Å²) in [4.78, 5) is 2.58. The summed E-state index contributed by atoms with van der Waals surface area (Å²) in [6.07, 6.45) is 3.69. The Morgan fingerprint density at radius 1 is 1.26 bits per heavy atom. The Bertz CT molecular complexity index is 437. The van der Waals surface area contributed by atoms with Crippen LogP contribution in [0.25, 0.3) is 0 Å². The van der Waals surface area contributed by atoms with Crippen molar-refractivity contribution < 1.29 is 0 Å². The summed E-state index contributed by atoms with van der Waals surface area (Å²) in [5.41, 5.74) is 10.1. The first-order valence-corrected chi connectivity index (χ1v) is 7.49. The molecule has 0 amide bonds. The third-order valence-electron chi connectivity index (χ3n) is 4.66. The number of anilines is 1. The first-order chi connectivity index (χ1) is 8.94. The molecule has 0 aliphatic carbocycles. The van der Waals surface area contributed by atoms with Crippen LogP contribution in [0.15, 0.2) is 18.2 Å². The van der Waals surface area contributed by atoms with Crippen LogP contribution in [-0.2, 0) is 0 Å². The van der Waals surface area contributed by atoms with E-state index in [4.69, 9.17) is 5.73 Å².